The van der Waals surface area contributed by atoms with E-state index in [9.17, 15) is 29.1 Å². The lowest BCUT2D eigenvalue weighted by Crippen LogP contribution is -2.68. The van der Waals surface area contributed by atoms with E-state index in [1.807, 2.05) is 44.2 Å². The number of aromatic nitrogens is 1. The molecule has 3 heterocycles. The first-order chi connectivity index (χ1) is 20.2. The zero-order valence-corrected chi connectivity index (χ0v) is 24.8. The van der Waals surface area contributed by atoms with E-state index < -0.39 is 72.9 Å². The highest BCUT2D eigenvalue weighted by Gasteiger charge is 2.68. The molecule has 4 rings (SSSR count). The Kier molecular flexibility index (Phi) is 9.21. The molecule has 5 atom stereocenters. The molecule has 3 amide bonds. The summed E-state index contributed by atoms with van der Waals surface area (Å²) in [6.07, 6.45) is -2.10. The number of carboxylic acids is 1. The van der Waals surface area contributed by atoms with Crippen molar-refractivity contribution in [3.05, 3.63) is 54.2 Å². The van der Waals surface area contributed by atoms with Crippen molar-refractivity contribution < 1.29 is 43.0 Å². The van der Waals surface area contributed by atoms with Gasteiger partial charge in [-0.3, -0.25) is 19.2 Å². The molecular formula is C29H37BN4O9. The van der Waals surface area contributed by atoms with Crippen LogP contribution in [-0.2, 0) is 28.5 Å². The lowest BCUT2D eigenvalue weighted by molar-refractivity contribution is -0.170. The molecule has 1 aromatic heterocycles. The average molecular weight is 596 g/mol. The first kappa shape index (κ1) is 31.6. The van der Waals surface area contributed by atoms with Crippen LogP contribution in [0.25, 0.3) is 11.3 Å². The van der Waals surface area contributed by atoms with Gasteiger partial charge in [0, 0.05) is 30.4 Å². The summed E-state index contributed by atoms with van der Waals surface area (Å²) in [6, 6.07) is 12.7. The number of amides is 3. The van der Waals surface area contributed by atoms with Gasteiger partial charge in [-0.15, -0.1) is 0 Å². The van der Waals surface area contributed by atoms with E-state index in [1.165, 1.54) is 32.0 Å². The van der Waals surface area contributed by atoms with Crippen LogP contribution < -0.4 is 10.6 Å². The monoisotopic (exact) mass is 596 g/mol. The third kappa shape index (κ3) is 6.86. The minimum absolute atomic E-state index is 0.0256. The van der Waals surface area contributed by atoms with E-state index in [0.717, 1.165) is 5.56 Å². The van der Waals surface area contributed by atoms with Gasteiger partial charge in [0.1, 0.15) is 18.2 Å². The molecule has 43 heavy (non-hydrogen) atoms. The molecule has 2 aliphatic heterocycles. The Balaban J connectivity index is 1.57. The second kappa shape index (κ2) is 12.5. The van der Waals surface area contributed by atoms with Crippen LogP contribution in [0.4, 0.5) is 0 Å². The number of fused-ring (bicyclic) bond motifs is 2. The number of benzene rings is 1. The van der Waals surface area contributed by atoms with Crippen LogP contribution >= 0.6 is 0 Å². The zero-order chi connectivity index (χ0) is 31.5. The van der Waals surface area contributed by atoms with Gasteiger partial charge in [-0.1, -0.05) is 56.7 Å². The van der Waals surface area contributed by atoms with Gasteiger partial charge in [0.05, 0.1) is 18.2 Å². The van der Waals surface area contributed by atoms with Gasteiger partial charge < -0.3 is 34.6 Å². The summed E-state index contributed by atoms with van der Waals surface area (Å²) in [5.74, 6) is -4.82. The van der Waals surface area contributed by atoms with Gasteiger partial charge in [0.2, 0.25) is 11.8 Å². The highest BCUT2D eigenvalue weighted by molar-refractivity contribution is 6.67. The Bertz CT molecular complexity index is 1400. The zero-order valence-electron chi connectivity index (χ0n) is 24.8. The molecule has 4 N–H and O–H groups in total. The number of carbonyl (C=O) groups excluding carboxylic acids is 4. The third-order valence-corrected chi connectivity index (χ3v) is 7.40. The third-order valence-electron chi connectivity index (χ3n) is 7.40. The maximum absolute atomic E-state index is 13.6. The summed E-state index contributed by atoms with van der Waals surface area (Å²) in [5.41, 5.74) is -0.504. The Morgan fingerprint density at radius 3 is 2.40 bits per heavy atom. The highest BCUT2D eigenvalue weighted by Crippen LogP contribution is 2.42. The van der Waals surface area contributed by atoms with E-state index in [2.05, 4.69) is 20.3 Å². The predicted molar refractivity (Wildman–Crippen MR) is 155 cm³/mol. The van der Waals surface area contributed by atoms with Gasteiger partial charge in [0.15, 0.2) is 5.60 Å². The Labute approximate surface area is 249 Å². The molecule has 0 saturated carbocycles. The van der Waals surface area contributed by atoms with Gasteiger partial charge >= 0.3 is 12.7 Å². The Hall–Kier alpha value is -4.30. The van der Waals surface area contributed by atoms with Gasteiger partial charge in [-0.25, -0.2) is 4.98 Å². The van der Waals surface area contributed by atoms with Crippen molar-refractivity contribution in [1.29, 1.82) is 0 Å². The lowest BCUT2D eigenvalue weighted by atomic mass is 9.64. The first-order valence-electron chi connectivity index (χ1n) is 14.1. The summed E-state index contributed by atoms with van der Waals surface area (Å²) in [5, 5.41) is 15.7. The number of aliphatic hydroxyl groups excluding tert-OH is 1. The number of pyridine rings is 1. The molecule has 0 radical (unpaired) electrons. The number of aliphatic carboxylic acids is 1. The summed E-state index contributed by atoms with van der Waals surface area (Å²) >= 11 is 0. The smallest absolute Gasteiger partial charge is 0.594 e. The number of hydrogen-bond donors (Lipinski definition) is 3. The number of rotatable bonds is 11. The van der Waals surface area contributed by atoms with E-state index >= 15 is 0 Å². The largest absolute Gasteiger partial charge is 0.717 e. The molecule has 0 aliphatic carbocycles. The molecule has 2 fully saturated rings. The van der Waals surface area contributed by atoms with Crippen molar-refractivity contribution in [2.75, 3.05) is 14.1 Å². The van der Waals surface area contributed by atoms with Gasteiger partial charge in [-0.2, -0.15) is 0 Å². The Morgan fingerprint density at radius 1 is 1.07 bits per heavy atom. The van der Waals surface area contributed by atoms with Crippen molar-refractivity contribution in [2.45, 2.75) is 63.7 Å². The SMILES string of the molecule is CC(C)C[C@H](NC(=O)[C@@H](NC(=O)c1cccc(-c2ccccc2)n1)[C@@H](C)O)[B-]12OC(=O)[C@@](CC(=O)N(C)C)(CC(=O)[OH+]1)O2. The fraction of sp³-hybridized carbons (Fsp3) is 0.448. The summed E-state index contributed by atoms with van der Waals surface area (Å²) in [7, 11) is 3.01. The van der Waals surface area contributed by atoms with Gasteiger partial charge in [-0.05, 0) is 25.0 Å². The van der Waals surface area contributed by atoms with E-state index in [4.69, 9.17) is 9.31 Å². The minimum Gasteiger partial charge on any atom is -0.717 e. The van der Waals surface area contributed by atoms with Crippen LogP contribution in [0.15, 0.2) is 48.5 Å². The second-order valence-corrected chi connectivity index (χ2v) is 11.6. The van der Waals surface area contributed by atoms with Crippen LogP contribution in [0.5, 0.6) is 0 Å². The van der Waals surface area contributed by atoms with Crippen LogP contribution in [0, 0.1) is 5.92 Å². The molecule has 2 saturated heterocycles. The summed E-state index contributed by atoms with van der Waals surface area (Å²) < 4.78 is 15.7. The van der Waals surface area contributed by atoms with Crippen LogP contribution in [-0.4, -0.2) is 93.8 Å². The van der Waals surface area contributed by atoms with Crippen molar-refractivity contribution in [1.82, 2.24) is 20.5 Å². The minimum atomic E-state index is -3.09. The number of nitrogens with one attached hydrogen (secondary N) is 2. The molecular weight excluding hydrogens is 559 g/mol. The van der Waals surface area contributed by atoms with Gasteiger partial charge in [0.25, 0.3) is 11.9 Å². The fourth-order valence-corrected chi connectivity index (χ4v) is 5.21. The summed E-state index contributed by atoms with van der Waals surface area (Å²) in [4.78, 5) is 70.8. The average Bonchev–Trinajstić information content (AvgIpc) is 3.15. The van der Waals surface area contributed by atoms with Crippen molar-refractivity contribution >= 4 is 36.4 Å². The quantitative estimate of drug-likeness (QED) is 0.246. The molecule has 2 aliphatic rings. The molecule has 2 aromatic rings. The molecule has 230 valence electrons. The van der Waals surface area contributed by atoms with Crippen molar-refractivity contribution in [3.8, 4) is 11.3 Å². The molecule has 14 heteroatoms. The molecule has 0 spiro atoms. The normalized spacial score (nSPS) is 23.0. The lowest BCUT2D eigenvalue weighted by Gasteiger charge is -2.44. The maximum atomic E-state index is 13.6. The van der Waals surface area contributed by atoms with E-state index in [-0.39, 0.29) is 18.0 Å². The second-order valence-electron chi connectivity index (χ2n) is 11.6. The summed E-state index contributed by atoms with van der Waals surface area (Å²) in [6.45, 7) is 1.93. The van der Waals surface area contributed by atoms with Crippen LogP contribution in [0.3, 0.4) is 0 Å². The molecule has 2 bridgehead atoms. The number of aliphatic hydroxyl groups is 1. The maximum Gasteiger partial charge on any atom is 0.594 e. The fourth-order valence-electron chi connectivity index (χ4n) is 5.21. The number of hydrogen-bond acceptors (Lipinski definition) is 9. The number of nitrogens with zero attached hydrogens (tertiary/aromatic N) is 2. The molecule has 1 unspecified atom stereocenters. The highest BCUT2D eigenvalue weighted by atomic mass is 16.8. The van der Waals surface area contributed by atoms with E-state index in [0.29, 0.717) is 5.69 Å². The van der Waals surface area contributed by atoms with Crippen molar-refractivity contribution in [2.24, 2.45) is 5.92 Å². The first-order valence-corrected chi connectivity index (χ1v) is 14.1. The van der Waals surface area contributed by atoms with Crippen LogP contribution in [0.2, 0.25) is 0 Å². The molecule has 1 aromatic carbocycles. The molecule has 13 nitrogen and oxygen atoms in total. The van der Waals surface area contributed by atoms with Crippen molar-refractivity contribution in [3.63, 3.8) is 0 Å². The van der Waals surface area contributed by atoms with E-state index in [1.54, 1.807) is 12.1 Å². The topological polar surface area (TPSA) is 177 Å². The number of carbonyl (C=O) groups is 5. The Morgan fingerprint density at radius 2 is 1.77 bits per heavy atom. The van der Waals surface area contributed by atoms with Crippen LogP contribution in [0.1, 0.15) is 50.5 Å². The predicted octanol–water partition coefficient (Wildman–Crippen LogP) is 0.486. The standard InChI is InChI=1S/C29H37BN4O9/c1-17(2)14-22(30-41-24(37)16-29(43-30,28(40)42-30)15-23(36)34(4)5)32-27(39)25(18(3)35)33-26(38)21-13-9-12-20(31-21)19-10-7-6-8-11-19/h6-13,17-18,22,25,35,41H,14-16H2,1-5H3,(H,32,39)(H,33,38)/t18-,22+,25+,29-,30?/m1/s1.